The normalized spacial score (nSPS) is 40.9. The number of hydrogen-bond acceptors (Lipinski definition) is 2. The molecule has 4 rings (SSSR count). The Kier molecular flexibility index (Phi) is 3.05. The fourth-order valence-electron chi connectivity index (χ4n) is 4.47. The maximum Gasteiger partial charge on any atom is 0.422 e. The summed E-state index contributed by atoms with van der Waals surface area (Å²) in [7, 11) is 0. The van der Waals surface area contributed by atoms with Crippen LogP contribution in [0, 0.1) is 23.7 Å². The second kappa shape index (κ2) is 4.37. The second-order valence-corrected chi connectivity index (χ2v) is 6.82. The van der Waals surface area contributed by atoms with Crippen molar-refractivity contribution in [2.75, 3.05) is 0 Å². The van der Waals surface area contributed by atoms with Crippen molar-refractivity contribution in [3.63, 3.8) is 0 Å². The summed E-state index contributed by atoms with van der Waals surface area (Å²) in [5, 5.41) is 0. The standard InChI is InChI=1S/C16H19F3O2/c1-8-11-4-10-5-12(7-11)15(3,13(8)6-10)21-14(20)9(2)16(17,18)19/h4,8,10,12-13H,2,5-7H2,1,3H3/t8-,10?,12?,13?,15?/m1/s1. The zero-order valence-corrected chi connectivity index (χ0v) is 12.2. The summed E-state index contributed by atoms with van der Waals surface area (Å²) in [6.07, 6.45) is 0.204. The summed E-state index contributed by atoms with van der Waals surface area (Å²) in [4.78, 5) is 11.8. The lowest BCUT2D eigenvalue weighted by molar-refractivity contribution is -0.192. The minimum Gasteiger partial charge on any atom is -0.455 e. The van der Waals surface area contributed by atoms with Gasteiger partial charge in [0.25, 0.3) is 0 Å². The number of ether oxygens (including phenoxy) is 1. The van der Waals surface area contributed by atoms with Gasteiger partial charge in [0.2, 0.25) is 0 Å². The zero-order chi connectivity index (χ0) is 15.6. The molecule has 116 valence electrons. The molecule has 0 heterocycles. The van der Waals surface area contributed by atoms with Gasteiger partial charge in [-0.2, -0.15) is 13.2 Å². The molecule has 21 heavy (non-hydrogen) atoms. The molecule has 0 aromatic rings. The highest BCUT2D eigenvalue weighted by Crippen LogP contribution is 2.59. The molecule has 2 saturated carbocycles. The highest BCUT2D eigenvalue weighted by Gasteiger charge is 2.58. The van der Waals surface area contributed by atoms with Crippen molar-refractivity contribution in [2.45, 2.75) is 44.9 Å². The van der Waals surface area contributed by atoms with Gasteiger partial charge in [0.05, 0.1) is 0 Å². The van der Waals surface area contributed by atoms with E-state index in [1.165, 1.54) is 5.57 Å². The van der Waals surface area contributed by atoms with Crippen LogP contribution in [0.15, 0.2) is 23.8 Å². The van der Waals surface area contributed by atoms with Crippen molar-refractivity contribution in [2.24, 2.45) is 23.7 Å². The minimum atomic E-state index is -4.73. The molecular formula is C16H19F3O2. The van der Waals surface area contributed by atoms with E-state index in [1.54, 1.807) is 6.92 Å². The topological polar surface area (TPSA) is 26.3 Å². The van der Waals surface area contributed by atoms with Crippen LogP contribution in [-0.2, 0) is 9.53 Å². The fourth-order valence-corrected chi connectivity index (χ4v) is 4.47. The molecule has 4 aliphatic rings. The number of alkyl halides is 3. The lowest BCUT2D eigenvalue weighted by Gasteiger charge is -2.58. The summed E-state index contributed by atoms with van der Waals surface area (Å²) in [6, 6.07) is 0. The molecule has 4 aliphatic carbocycles. The molecule has 4 bridgehead atoms. The van der Waals surface area contributed by atoms with Gasteiger partial charge in [0, 0.05) is 11.8 Å². The van der Waals surface area contributed by atoms with Crippen molar-refractivity contribution in [3.8, 4) is 0 Å². The van der Waals surface area contributed by atoms with Gasteiger partial charge in [-0.3, -0.25) is 0 Å². The van der Waals surface area contributed by atoms with Crippen molar-refractivity contribution >= 4 is 5.97 Å². The van der Waals surface area contributed by atoms with Gasteiger partial charge < -0.3 is 4.74 Å². The number of allylic oxidation sites excluding steroid dienone is 2. The number of carbonyl (C=O) groups excluding carboxylic acids is 1. The third-order valence-electron chi connectivity index (χ3n) is 5.71. The lowest BCUT2D eigenvalue weighted by Crippen LogP contribution is -2.58. The van der Waals surface area contributed by atoms with Crippen molar-refractivity contribution in [1.29, 1.82) is 0 Å². The summed E-state index contributed by atoms with van der Waals surface area (Å²) in [5.74, 6) is -0.312. The van der Waals surface area contributed by atoms with Crippen LogP contribution in [0.4, 0.5) is 13.2 Å². The smallest absolute Gasteiger partial charge is 0.422 e. The molecule has 0 spiro atoms. The van der Waals surface area contributed by atoms with E-state index >= 15 is 0 Å². The quantitative estimate of drug-likeness (QED) is 0.437. The summed E-state index contributed by atoms with van der Waals surface area (Å²) in [6.45, 7) is 6.73. The predicted octanol–water partition coefficient (Wildman–Crippen LogP) is 4.03. The van der Waals surface area contributed by atoms with Gasteiger partial charge in [-0.05, 0) is 38.0 Å². The Morgan fingerprint density at radius 1 is 1.43 bits per heavy atom. The van der Waals surface area contributed by atoms with Crippen LogP contribution in [0.3, 0.4) is 0 Å². The molecule has 0 aromatic heterocycles. The first-order valence-corrected chi connectivity index (χ1v) is 7.33. The Bertz CT molecular complexity index is 534. The summed E-state index contributed by atoms with van der Waals surface area (Å²) >= 11 is 0. The molecule has 0 radical (unpaired) electrons. The molecule has 0 aliphatic heterocycles. The SMILES string of the molecule is C=C(C(=O)OC1(C)C2CC3=CC(C2)CC1[C@@H]3C)C(F)(F)F. The highest BCUT2D eigenvalue weighted by molar-refractivity contribution is 5.89. The van der Waals surface area contributed by atoms with E-state index in [4.69, 9.17) is 4.74 Å². The van der Waals surface area contributed by atoms with E-state index in [9.17, 15) is 18.0 Å². The van der Waals surface area contributed by atoms with E-state index in [0.717, 1.165) is 19.3 Å². The second-order valence-electron chi connectivity index (χ2n) is 6.82. The highest BCUT2D eigenvalue weighted by atomic mass is 19.4. The number of carbonyl (C=O) groups is 1. The average molecular weight is 300 g/mol. The predicted molar refractivity (Wildman–Crippen MR) is 71.3 cm³/mol. The molecule has 5 heteroatoms. The molecule has 0 aromatic carbocycles. The van der Waals surface area contributed by atoms with Crippen LogP contribution in [0.2, 0.25) is 0 Å². The van der Waals surface area contributed by atoms with E-state index < -0.39 is 23.3 Å². The Labute approximate surface area is 122 Å². The van der Waals surface area contributed by atoms with Gasteiger partial charge in [-0.1, -0.05) is 25.2 Å². The van der Waals surface area contributed by atoms with Gasteiger partial charge in [-0.15, -0.1) is 0 Å². The first-order valence-electron chi connectivity index (χ1n) is 7.33. The molecule has 0 amide bonds. The Balaban J connectivity index is 1.84. The molecule has 2 fully saturated rings. The van der Waals surface area contributed by atoms with Gasteiger partial charge in [0.15, 0.2) is 0 Å². The first-order chi connectivity index (χ1) is 9.63. The fraction of sp³-hybridized carbons (Fsp3) is 0.688. The summed E-state index contributed by atoms with van der Waals surface area (Å²) < 4.78 is 43.2. The Morgan fingerprint density at radius 3 is 2.71 bits per heavy atom. The van der Waals surface area contributed by atoms with Crippen molar-refractivity contribution < 1.29 is 22.7 Å². The maximum atomic E-state index is 12.6. The lowest BCUT2D eigenvalue weighted by atomic mass is 9.50. The number of esters is 1. The van der Waals surface area contributed by atoms with Gasteiger partial charge >= 0.3 is 12.1 Å². The van der Waals surface area contributed by atoms with Crippen LogP contribution in [0.1, 0.15) is 33.1 Å². The Morgan fingerprint density at radius 2 is 2.10 bits per heavy atom. The first kappa shape index (κ1) is 14.7. The molecule has 0 N–H and O–H groups in total. The summed E-state index contributed by atoms with van der Waals surface area (Å²) in [5.41, 5.74) is -0.834. The molecule has 2 nitrogen and oxygen atoms in total. The van der Waals surface area contributed by atoms with Crippen LogP contribution in [0.25, 0.3) is 0 Å². The van der Waals surface area contributed by atoms with Crippen LogP contribution < -0.4 is 0 Å². The van der Waals surface area contributed by atoms with Crippen LogP contribution in [-0.4, -0.2) is 17.7 Å². The third kappa shape index (κ3) is 2.12. The monoisotopic (exact) mass is 300 g/mol. The average Bonchev–Trinajstić information content (AvgIpc) is 2.38. The molecule has 0 saturated heterocycles. The number of rotatable bonds is 2. The Hall–Kier alpha value is -1.26. The van der Waals surface area contributed by atoms with Gasteiger partial charge in [0.1, 0.15) is 11.2 Å². The number of hydrogen-bond donors (Lipinski definition) is 0. The van der Waals surface area contributed by atoms with Gasteiger partial charge in [-0.25, -0.2) is 4.79 Å². The molecule has 4 unspecified atom stereocenters. The van der Waals surface area contributed by atoms with Crippen LogP contribution in [0.5, 0.6) is 0 Å². The zero-order valence-electron chi connectivity index (χ0n) is 12.2. The van der Waals surface area contributed by atoms with E-state index in [2.05, 4.69) is 19.6 Å². The maximum absolute atomic E-state index is 12.6. The molecule has 5 atom stereocenters. The minimum absolute atomic E-state index is 0.111. The van der Waals surface area contributed by atoms with Crippen LogP contribution >= 0.6 is 0 Å². The molecular weight excluding hydrogens is 281 g/mol. The van der Waals surface area contributed by atoms with Crippen molar-refractivity contribution in [1.82, 2.24) is 0 Å². The van der Waals surface area contributed by atoms with E-state index in [-0.39, 0.29) is 17.8 Å². The largest absolute Gasteiger partial charge is 0.455 e. The third-order valence-corrected chi connectivity index (χ3v) is 5.71. The van der Waals surface area contributed by atoms with Crippen molar-refractivity contribution in [3.05, 3.63) is 23.8 Å². The van der Waals surface area contributed by atoms with E-state index in [0.29, 0.717) is 5.92 Å². The van der Waals surface area contributed by atoms with E-state index in [1.807, 2.05) is 0 Å². The number of halogens is 3.